The maximum absolute atomic E-state index is 12.5. The summed E-state index contributed by atoms with van der Waals surface area (Å²) < 4.78 is 10.6. The van der Waals surface area contributed by atoms with E-state index in [0.717, 1.165) is 30.0 Å². The van der Waals surface area contributed by atoms with E-state index >= 15 is 0 Å². The van der Waals surface area contributed by atoms with Crippen molar-refractivity contribution in [2.24, 2.45) is 0 Å². The maximum atomic E-state index is 12.5. The van der Waals surface area contributed by atoms with Gasteiger partial charge in [-0.25, -0.2) is 0 Å². The van der Waals surface area contributed by atoms with Crippen molar-refractivity contribution in [1.82, 2.24) is 0 Å². The molecule has 1 aliphatic rings. The van der Waals surface area contributed by atoms with E-state index in [-0.39, 0.29) is 5.97 Å². The van der Waals surface area contributed by atoms with Gasteiger partial charge in [0.05, 0.1) is 5.92 Å². The summed E-state index contributed by atoms with van der Waals surface area (Å²) in [7, 11) is 3.85. The summed E-state index contributed by atoms with van der Waals surface area (Å²) in [4.78, 5) is 53.9. The highest BCUT2D eigenvalue weighted by molar-refractivity contribution is 8.77. The zero-order valence-corrected chi connectivity index (χ0v) is 22.3. The first-order valence-electron chi connectivity index (χ1n) is 12.0. The van der Waals surface area contributed by atoms with Crippen molar-refractivity contribution in [2.75, 3.05) is 19.0 Å². The van der Waals surface area contributed by atoms with Crippen LogP contribution in [0.3, 0.4) is 0 Å². The van der Waals surface area contributed by atoms with E-state index in [1.807, 2.05) is 21.6 Å². The van der Waals surface area contributed by atoms with Gasteiger partial charge in [0.25, 0.3) is 10.2 Å². The lowest BCUT2D eigenvalue weighted by atomic mass is 9.98. The van der Waals surface area contributed by atoms with Gasteiger partial charge < -0.3 is 19.1 Å². The molecule has 2 aromatic carbocycles. The molecule has 1 saturated heterocycles. The minimum atomic E-state index is -1.45. The standard InChI is InChI=1S/C24H28N2O10S2/c1-16(24(28)33-14-21(36-26(31)32)15-34-25(29)30)17-6-7-19-13-20(9-8-18(19)12-17)35-23(27)5-3-2-4-22-10-11-37-38-22/h6-9,12-13,16,21-22H,2-5,10-11,14-15H2,1H3/t16-,21?,22+/m0/s1. The van der Waals surface area contributed by atoms with Crippen molar-refractivity contribution < 1.29 is 38.9 Å². The molecule has 0 spiro atoms. The fraction of sp³-hybridized carbons (Fsp3) is 0.500. The lowest BCUT2D eigenvalue weighted by molar-refractivity contribution is -0.790. The van der Waals surface area contributed by atoms with E-state index in [1.165, 1.54) is 12.2 Å². The number of carbonyl (C=O) groups excluding carboxylic acids is 2. The van der Waals surface area contributed by atoms with Crippen molar-refractivity contribution in [2.45, 2.75) is 56.3 Å². The average molecular weight is 569 g/mol. The van der Waals surface area contributed by atoms with Crippen LogP contribution in [-0.2, 0) is 24.0 Å². The second kappa shape index (κ2) is 14.6. The molecule has 1 aliphatic heterocycles. The van der Waals surface area contributed by atoms with Crippen LogP contribution in [0.4, 0.5) is 0 Å². The topological polar surface area (TPSA) is 157 Å². The molecule has 14 heteroatoms. The van der Waals surface area contributed by atoms with Gasteiger partial charge in [-0.1, -0.05) is 52.3 Å². The van der Waals surface area contributed by atoms with Crippen LogP contribution in [0.1, 0.15) is 50.5 Å². The van der Waals surface area contributed by atoms with Gasteiger partial charge in [-0.15, -0.1) is 20.2 Å². The lowest BCUT2D eigenvalue weighted by Gasteiger charge is -2.17. The summed E-state index contributed by atoms with van der Waals surface area (Å²) >= 11 is 0. The molecule has 38 heavy (non-hydrogen) atoms. The largest absolute Gasteiger partial charge is 0.463 e. The molecule has 1 heterocycles. The summed E-state index contributed by atoms with van der Waals surface area (Å²) in [6.07, 6.45) is 3.08. The van der Waals surface area contributed by atoms with Gasteiger partial charge >= 0.3 is 11.9 Å². The fourth-order valence-electron chi connectivity index (χ4n) is 3.77. The van der Waals surface area contributed by atoms with Crippen LogP contribution in [0, 0.1) is 20.2 Å². The summed E-state index contributed by atoms with van der Waals surface area (Å²) in [5.41, 5.74) is 0.624. The van der Waals surface area contributed by atoms with Crippen LogP contribution in [0.5, 0.6) is 5.75 Å². The Morgan fingerprint density at radius 1 is 1.05 bits per heavy atom. The van der Waals surface area contributed by atoms with Gasteiger partial charge in [-0.05, 0) is 54.7 Å². The summed E-state index contributed by atoms with van der Waals surface area (Å²) in [6, 6.07) is 10.5. The van der Waals surface area contributed by atoms with Gasteiger partial charge in [0.15, 0.2) is 6.10 Å². The third-order valence-corrected chi connectivity index (χ3v) is 8.82. The third-order valence-electron chi connectivity index (χ3n) is 5.82. The Balaban J connectivity index is 1.50. The van der Waals surface area contributed by atoms with Crippen LogP contribution in [0.15, 0.2) is 36.4 Å². The molecule has 0 aromatic heterocycles. The molecule has 206 valence electrons. The Hall–Kier alpha value is -3.26. The van der Waals surface area contributed by atoms with Crippen molar-refractivity contribution in [3.05, 3.63) is 62.2 Å². The van der Waals surface area contributed by atoms with Crippen molar-refractivity contribution in [3.63, 3.8) is 0 Å². The molecule has 1 unspecified atom stereocenters. The molecule has 0 saturated carbocycles. The Labute approximate surface area is 226 Å². The number of unbranched alkanes of at least 4 members (excludes halogenated alkanes) is 1. The minimum absolute atomic E-state index is 0.270. The second-order valence-corrected chi connectivity index (χ2v) is 11.4. The van der Waals surface area contributed by atoms with Gasteiger partial charge in [0.1, 0.15) is 19.0 Å². The first-order valence-corrected chi connectivity index (χ1v) is 14.4. The van der Waals surface area contributed by atoms with Crippen LogP contribution < -0.4 is 4.74 Å². The molecule has 1 fully saturated rings. The number of ether oxygens (including phenoxy) is 2. The number of fused-ring (bicyclic) bond motifs is 1. The minimum Gasteiger partial charge on any atom is -0.463 e. The normalized spacial score (nSPS) is 16.4. The van der Waals surface area contributed by atoms with Crippen LogP contribution in [0.25, 0.3) is 10.8 Å². The van der Waals surface area contributed by atoms with E-state index < -0.39 is 41.4 Å². The van der Waals surface area contributed by atoms with E-state index in [9.17, 15) is 29.8 Å². The van der Waals surface area contributed by atoms with E-state index in [2.05, 4.69) is 9.68 Å². The zero-order chi connectivity index (χ0) is 27.5. The molecule has 3 atom stereocenters. The molecule has 12 nitrogen and oxygen atoms in total. The van der Waals surface area contributed by atoms with E-state index in [4.69, 9.17) is 9.47 Å². The predicted octanol–water partition coefficient (Wildman–Crippen LogP) is 4.89. The number of benzene rings is 2. The quantitative estimate of drug-likeness (QED) is 0.0716. The average Bonchev–Trinajstić information content (AvgIpc) is 3.40. The molecule has 2 aromatic rings. The Bertz CT molecular complexity index is 1140. The van der Waals surface area contributed by atoms with Crippen LogP contribution >= 0.6 is 21.6 Å². The predicted molar refractivity (Wildman–Crippen MR) is 141 cm³/mol. The van der Waals surface area contributed by atoms with Crippen molar-refractivity contribution in [3.8, 4) is 5.75 Å². The van der Waals surface area contributed by atoms with Crippen molar-refractivity contribution >= 4 is 44.3 Å². The molecular weight excluding hydrogens is 540 g/mol. The highest BCUT2D eigenvalue weighted by atomic mass is 33.1. The van der Waals surface area contributed by atoms with Gasteiger partial charge in [0.2, 0.25) is 0 Å². The van der Waals surface area contributed by atoms with Crippen molar-refractivity contribution in [1.29, 1.82) is 0 Å². The molecule has 0 amide bonds. The molecular formula is C24H28N2O10S2. The van der Waals surface area contributed by atoms with Crippen LogP contribution in [0.2, 0.25) is 0 Å². The zero-order valence-electron chi connectivity index (χ0n) is 20.6. The maximum Gasteiger partial charge on any atom is 0.313 e. The smallest absolute Gasteiger partial charge is 0.313 e. The Kier molecular flexibility index (Phi) is 11.3. The SMILES string of the molecule is C[C@H](C(=O)OCC(CO[N+](=O)[O-])O[N+](=O)[O-])c1ccc2cc(OC(=O)CCCC[C@@H]3CCSS3)ccc2c1. The molecule has 0 N–H and O–H groups in total. The molecule has 0 radical (unpaired) electrons. The number of nitrogens with zero attached hydrogens (tertiary/aromatic N) is 2. The number of carbonyl (C=O) groups is 2. The molecule has 0 bridgehead atoms. The summed E-state index contributed by atoms with van der Waals surface area (Å²) in [6.45, 7) is 0.233. The van der Waals surface area contributed by atoms with Crippen LogP contribution in [-0.4, -0.2) is 52.4 Å². The number of esters is 2. The molecule has 0 aliphatic carbocycles. The summed E-state index contributed by atoms with van der Waals surface area (Å²) in [5.74, 6) is -0.0491. The number of rotatable bonds is 15. The second-order valence-electron chi connectivity index (χ2n) is 8.64. The monoisotopic (exact) mass is 568 g/mol. The Morgan fingerprint density at radius 2 is 1.82 bits per heavy atom. The molecule has 3 rings (SSSR count). The highest BCUT2D eigenvalue weighted by Gasteiger charge is 2.22. The van der Waals surface area contributed by atoms with Gasteiger partial charge in [0, 0.05) is 17.4 Å². The Morgan fingerprint density at radius 3 is 2.53 bits per heavy atom. The van der Waals surface area contributed by atoms with E-state index in [1.54, 1.807) is 43.3 Å². The van der Waals surface area contributed by atoms with Gasteiger partial charge in [-0.3, -0.25) is 9.59 Å². The summed E-state index contributed by atoms with van der Waals surface area (Å²) in [5, 5.41) is 20.9. The lowest BCUT2D eigenvalue weighted by Crippen LogP contribution is -2.31. The highest BCUT2D eigenvalue weighted by Crippen LogP contribution is 2.40. The number of hydrogen-bond donors (Lipinski definition) is 0. The number of hydrogen-bond acceptors (Lipinski definition) is 12. The fourth-order valence-corrected chi connectivity index (χ4v) is 6.80. The third kappa shape index (κ3) is 9.56. The first kappa shape index (κ1) is 29.3. The van der Waals surface area contributed by atoms with E-state index in [0.29, 0.717) is 23.0 Å². The van der Waals surface area contributed by atoms with Gasteiger partial charge in [-0.2, -0.15) is 0 Å². The first-order chi connectivity index (χ1) is 18.2.